The van der Waals surface area contributed by atoms with E-state index in [1.807, 2.05) is 6.07 Å². The van der Waals surface area contributed by atoms with Crippen molar-refractivity contribution in [1.29, 1.82) is 0 Å². The minimum Gasteiger partial charge on any atom is -0.451 e. The van der Waals surface area contributed by atoms with Gasteiger partial charge in [-0.3, -0.25) is 14.9 Å². The zero-order valence-electron chi connectivity index (χ0n) is 14.9. The van der Waals surface area contributed by atoms with Crippen molar-refractivity contribution >= 4 is 11.6 Å². The number of benzene rings is 1. The molecule has 0 unspecified atom stereocenters. The van der Waals surface area contributed by atoms with Crippen LogP contribution in [-0.4, -0.2) is 30.6 Å². The Bertz CT molecular complexity index is 1150. The Morgan fingerprint density at radius 1 is 1.17 bits per heavy atom. The molecule has 144 valence electrons. The number of non-ortho nitro benzene ring substituents is 1. The standard InChI is InChI=1S/C19H14N6O4/c26-19(22-10-14-2-1-9-21-18(14)24-12-20-11-23-24)17-8-7-16(29-17)13-3-5-15(6-4-13)25(27)28/h1-9,11-12H,10H2,(H,22,26). The van der Waals surface area contributed by atoms with Gasteiger partial charge in [0.2, 0.25) is 0 Å². The van der Waals surface area contributed by atoms with Crippen LogP contribution in [0.1, 0.15) is 16.1 Å². The number of amides is 1. The average Bonchev–Trinajstić information content (AvgIpc) is 3.44. The molecule has 0 saturated carbocycles. The molecule has 4 rings (SSSR count). The monoisotopic (exact) mass is 390 g/mol. The third-order valence-electron chi connectivity index (χ3n) is 4.14. The summed E-state index contributed by atoms with van der Waals surface area (Å²) in [7, 11) is 0. The first kappa shape index (κ1) is 18.0. The SMILES string of the molecule is O=C(NCc1cccnc1-n1cncn1)c1ccc(-c2ccc([N+](=O)[O-])cc2)o1. The van der Waals surface area contributed by atoms with E-state index >= 15 is 0 Å². The van der Waals surface area contributed by atoms with E-state index in [-0.39, 0.29) is 18.0 Å². The smallest absolute Gasteiger partial charge is 0.287 e. The van der Waals surface area contributed by atoms with Gasteiger partial charge in [0.15, 0.2) is 11.6 Å². The van der Waals surface area contributed by atoms with Crippen molar-refractivity contribution < 1.29 is 14.1 Å². The average molecular weight is 390 g/mol. The van der Waals surface area contributed by atoms with Crippen molar-refractivity contribution in [1.82, 2.24) is 25.1 Å². The van der Waals surface area contributed by atoms with Crippen molar-refractivity contribution in [3.63, 3.8) is 0 Å². The van der Waals surface area contributed by atoms with Gasteiger partial charge in [0.05, 0.1) is 4.92 Å². The number of rotatable bonds is 6. The lowest BCUT2D eigenvalue weighted by atomic mass is 10.1. The summed E-state index contributed by atoms with van der Waals surface area (Å²) in [5, 5.41) is 17.6. The number of nitro benzene ring substituents is 1. The van der Waals surface area contributed by atoms with Crippen LogP contribution in [0.2, 0.25) is 0 Å². The highest BCUT2D eigenvalue weighted by Gasteiger charge is 2.14. The molecule has 10 nitrogen and oxygen atoms in total. The Morgan fingerprint density at radius 3 is 2.72 bits per heavy atom. The number of hydrogen-bond donors (Lipinski definition) is 1. The molecule has 1 amide bonds. The zero-order valence-corrected chi connectivity index (χ0v) is 14.9. The molecule has 0 aliphatic carbocycles. The van der Waals surface area contributed by atoms with Crippen molar-refractivity contribution in [3.8, 4) is 17.1 Å². The van der Waals surface area contributed by atoms with E-state index in [1.165, 1.54) is 29.5 Å². The molecular formula is C19H14N6O4. The summed E-state index contributed by atoms with van der Waals surface area (Å²) in [5.41, 5.74) is 1.38. The van der Waals surface area contributed by atoms with E-state index in [0.717, 1.165) is 5.56 Å². The Kier molecular flexibility index (Phi) is 4.81. The number of nitrogens with one attached hydrogen (secondary N) is 1. The maximum atomic E-state index is 12.5. The fourth-order valence-corrected chi connectivity index (χ4v) is 2.72. The third-order valence-corrected chi connectivity index (χ3v) is 4.14. The summed E-state index contributed by atoms with van der Waals surface area (Å²) >= 11 is 0. The van der Waals surface area contributed by atoms with Gasteiger partial charge in [0.25, 0.3) is 11.6 Å². The number of carbonyl (C=O) groups excluding carboxylic acids is 1. The largest absolute Gasteiger partial charge is 0.451 e. The second kappa shape index (κ2) is 7.72. The van der Waals surface area contributed by atoms with Gasteiger partial charge < -0.3 is 9.73 Å². The molecule has 0 aliphatic rings. The molecule has 0 aliphatic heterocycles. The van der Waals surface area contributed by atoms with Crippen LogP contribution < -0.4 is 5.32 Å². The minimum atomic E-state index is -0.475. The molecule has 4 aromatic rings. The molecule has 29 heavy (non-hydrogen) atoms. The third kappa shape index (κ3) is 3.86. The Balaban J connectivity index is 1.46. The fourth-order valence-electron chi connectivity index (χ4n) is 2.72. The molecule has 3 aromatic heterocycles. The van der Waals surface area contributed by atoms with Crippen LogP contribution >= 0.6 is 0 Å². The summed E-state index contributed by atoms with van der Waals surface area (Å²) in [5.74, 6) is 0.738. The van der Waals surface area contributed by atoms with Gasteiger partial charge in [0, 0.05) is 36.0 Å². The molecule has 0 fully saturated rings. The van der Waals surface area contributed by atoms with E-state index in [0.29, 0.717) is 17.1 Å². The van der Waals surface area contributed by atoms with E-state index in [4.69, 9.17) is 4.42 Å². The highest BCUT2D eigenvalue weighted by Crippen LogP contribution is 2.24. The molecule has 1 aromatic carbocycles. The van der Waals surface area contributed by atoms with Gasteiger partial charge in [-0.25, -0.2) is 14.6 Å². The van der Waals surface area contributed by atoms with Crippen LogP contribution in [0.5, 0.6) is 0 Å². The predicted octanol–water partition coefficient (Wildman–Crippen LogP) is 2.76. The summed E-state index contributed by atoms with van der Waals surface area (Å²) in [6.45, 7) is 0.218. The Labute approximate surface area is 164 Å². The zero-order chi connectivity index (χ0) is 20.2. The van der Waals surface area contributed by atoms with Crippen LogP contribution in [-0.2, 0) is 6.54 Å². The molecule has 0 radical (unpaired) electrons. The quantitative estimate of drug-likeness (QED) is 0.396. The van der Waals surface area contributed by atoms with Crippen LogP contribution in [0.25, 0.3) is 17.1 Å². The number of carbonyl (C=O) groups is 1. The molecule has 1 N–H and O–H groups in total. The van der Waals surface area contributed by atoms with Crippen LogP contribution in [0.3, 0.4) is 0 Å². The first-order chi connectivity index (χ1) is 14.1. The second-order valence-electron chi connectivity index (χ2n) is 5.98. The number of nitrogens with zero attached hydrogens (tertiary/aromatic N) is 5. The summed E-state index contributed by atoms with van der Waals surface area (Å²) in [6, 6.07) is 12.7. The number of aromatic nitrogens is 4. The maximum Gasteiger partial charge on any atom is 0.287 e. The highest BCUT2D eigenvalue weighted by atomic mass is 16.6. The molecule has 0 atom stereocenters. The van der Waals surface area contributed by atoms with Crippen molar-refractivity contribution in [2.24, 2.45) is 0 Å². The Morgan fingerprint density at radius 2 is 2.00 bits per heavy atom. The lowest BCUT2D eigenvalue weighted by Crippen LogP contribution is -2.23. The van der Waals surface area contributed by atoms with E-state index in [9.17, 15) is 14.9 Å². The van der Waals surface area contributed by atoms with Gasteiger partial charge in [-0.1, -0.05) is 6.07 Å². The van der Waals surface area contributed by atoms with Gasteiger partial charge in [-0.15, -0.1) is 0 Å². The summed E-state index contributed by atoms with van der Waals surface area (Å²) in [4.78, 5) is 30.9. The van der Waals surface area contributed by atoms with Gasteiger partial charge >= 0.3 is 0 Å². The van der Waals surface area contributed by atoms with Crippen molar-refractivity contribution in [2.45, 2.75) is 6.54 Å². The molecule has 0 saturated heterocycles. The van der Waals surface area contributed by atoms with Crippen LogP contribution in [0.15, 0.2) is 71.8 Å². The van der Waals surface area contributed by atoms with E-state index in [2.05, 4.69) is 20.4 Å². The second-order valence-corrected chi connectivity index (χ2v) is 5.98. The first-order valence-corrected chi connectivity index (χ1v) is 8.53. The normalized spacial score (nSPS) is 10.6. The van der Waals surface area contributed by atoms with E-state index in [1.54, 1.807) is 36.5 Å². The lowest BCUT2D eigenvalue weighted by Gasteiger charge is -2.08. The van der Waals surface area contributed by atoms with Crippen LogP contribution in [0.4, 0.5) is 5.69 Å². The lowest BCUT2D eigenvalue weighted by molar-refractivity contribution is -0.384. The fraction of sp³-hybridized carbons (Fsp3) is 0.0526. The number of pyridine rings is 1. The van der Waals surface area contributed by atoms with Gasteiger partial charge in [-0.2, -0.15) is 5.10 Å². The van der Waals surface area contributed by atoms with Gasteiger partial charge in [0.1, 0.15) is 18.4 Å². The molecule has 0 bridgehead atoms. The topological polar surface area (TPSA) is 129 Å². The Hall–Kier alpha value is -4.34. The number of hydrogen-bond acceptors (Lipinski definition) is 7. The first-order valence-electron chi connectivity index (χ1n) is 8.53. The number of nitro groups is 1. The minimum absolute atomic E-state index is 0.0158. The summed E-state index contributed by atoms with van der Waals surface area (Å²) in [6.07, 6.45) is 4.56. The maximum absolute atomic E-state index is 12.5. The molecular weight excluding hydrogens is 376 g/mol. The van der Waals surface area contributed by atoms with Crippen molar-refractivity contribution in [3.05, 3.63) is 88.8 Å². The van der Waals surface area contributed by atoms with Crippen molar-refractivity contribution in [2.75, 3.05) is 0 Å². The van der Waals surface area contributed by atoms with Crippen LogP contribution in [0, 0.1) is 10.1 Å². The van der Waals surface area contributed by atoms with E-state index < -0.39 is 10.8 Å². The molecule has 0 spiro atoms. The summed E-state index contributed by atoms with van der Waals surface area (Å²) < 4.78 is 7.11. The molecule has 10 heteroatoms. The number of furan rings is 1. The van der Waals surface area contributed by atoms with Gasteiger partial charge in [-0.05, 0) is 30.3 Å². The highest BCUT2D eigenvalue weighted by molar-refractivity contribution is 5.92. The molecule has 3 heterocycles. The predicted molar refractivity (Wildman–Crippen MR) is 101 cm³/mol.